The lowest BCUT2D eigenvalue weighted by atomic mass is 9.91. The molecule has 0 aromatic heterocycles. The van der Waals surface area contributed by atoms with Gasteiger partial charge in [0.25, 0.3) is 0 Å². The lowest BCUT2D eigenvalue weighted by Crippen LogP contribution is -2.35. The Morgan fingerprint density at radius 3 is 2.61 bits per heavy atom. The van der Waals surface area contributed by atoms with Gasteiger partial charge in [-0.05, 0) is 0 Å². The third-order valence-electron chi connectivity index (χ3n) is 2.29. The summed E-state index contributed by atoms with van der Waals surface area (Å²) in [6, 6.07) is 0. The number of methoxy groups -OCH3 is 1. The summed E-state index contributed by atoms with van der Waals surface area (Å²) in [6.45, 7) is -0.172. The van der Waals surface area contributed by atoms with Crippen molar-refractivity contribution in [1.29, 1.82) is 0 Å². The van der Waals surface area contributed by atoms with E-state index >= 15 is 0 Å². The zero-order chi connectivity index (χ0) is 13.4. The lowest BCUT2D eigenvalue weighted by molar-refractivity contribution is 0.0689. The standard InChI is InChI=1S/C9H7BCl2O6/c1-16-6-3(9(13)14)7-8(5(12)4(6)11)17-2-10(15)18-7/h15H,2H2,1H3,(H,13,14). The zero-order valence-electron chi connectivity index (χ0n) is 9.07. The molecule has 0 radical (unpaired) electrons. The number of ether oxygens (including phenoxy) is 2. The van der Waals surface area contributed by atoms with Crippen molar-refractivity contribution < 1.29 is 29.1 Å². The van der Waals surface area contributed by atoms with Gasteiger partial charge >= 0.3 is 13.1 Å². The topological polar surface area (TPSA) is 85.2 Å². The molecule has 0 unspecified atom stereocenters. The van der Waals surface area contributed by atoms with Gasteiger partial charge in [-0.25, -0.2) is 4.79 Å². The van der Waals surface area contributed by atoms with Crippen LogP contribution in [0.15, 0.2) is 0 Å². The molecule has 0 saturated heterocycles. The van der Waals surface area contributed by atoms with Crippen LogP contribution >= 0.6 is 23.2 Å². The molecule has 1 aromatic carbocycles. The summed E-state index contributed by atoms with van der Waals surface area (Å²) in [5.74, 6) is -1.71. The quantitative estimate of drug-likeness (QED) is 0.803. The number of rotatable bonds is 2. The van der Waals surface area contributed by atoms with E-state index in [4.69, 9.17) is 42.4 Å². The van der Waals surface area contributed by atoms with E-state index in [1.165, 1.54) is 7.11 Å². The summed E-state index contributed by atoms with van der Waals surface area (Å²) < 4.78 is 15.1. The van der Waals surface area contributed by atoms with Gasteiger partial charge in [-0.3, -0.25) is 0 Å². The minimum absolute atomic E-state index is 0.0230. The second-order valence-electron chi connectivity index (χ2n) is 3.38. The molecule has 1 aliphatic heterocycles. The van der Waals surface area contributed by atoms with E-state index in [-0.39, 0.29) is 39.4 Å². The maximum atomic E-state index is 11.2. The predicted octanol–water partition coefficient (Wildman–Crippen LogP) is 1.49. The molecule has 0 amide bonds. The molecule has 0 spiro atoms. The Kier molecular flexibility index (Phi) is 3.47. The molecular formula is C9H7BCl2O6. The first-order valence-corrected chi connectivity index (χ1v) is 5.52. The Hall–Kier alpha value is -1.31. The number of halogens is 2. The summed E-state index contributed by atoms with van der Waals surface area (Å²) in [6.07, 6.45) is 0. The monoisotopic (exact) mass is 292 g/mol. The first-order valence-electron chi connectivity index (χ1n) is 4.77. The summed E-state index contributed by atoms with van der Waals surface area (Å²) in [4.78, 5) is 11.2. The average molecular weight is 293 g/mol. The molecule has 0 aliphatic carbocycles. The van der Waals surface area contributed by atoms with Gasteiger partial charge in [0.05, 0.1) is 7.11 Å². The number of fused-ring (bicyclic) bond motifs is 1. The molecule has 6 nitrogen and oxygen atoms in total. The molecule has 0 atom stereocenters. The van der Waals surface area contributed by atoms with Crippen molar-refractivity contribution in [3.63, 3.8) is 0 Å². The van der Waals surface area contributed by atoms with Gasteiger partial charge in [-0.1, -0.05) is 23.2 Å². The van der Waals surface area contributed by atoms with Crippen molar-refractivity contribution >= 4 is 36.3 Å². The highest BCUT2D eigenvalue weighted by molar-refractivity contribution is 6.46. The van der Waals surface area contributed by atoms with Crippen LogP contribution in [0.25, 0.3) is 0 Å². The highest BCUT2D eigenvalue weighted by Crippen LogP contribution is 2.50. The number of aromatic carboxylic acids is 1. The third-order valence-corrected chi connectivity index (χ3v) is 3.11. The summed E-state index contributed by atoms with van der Waals surface area (Å²) in [5.41, 5.74) is -0.347. The number of carboxylic acids is 1. The van der Waals surface area contributed by atoms with Gasteiger partial charge in [0, 0.05) is 0 Å². The lowest BCUT2D eigenvalue weighted by Gasteiger charge is -2.24. The zero-order valence-corrected chi connectivity index (χ0v) is 10.6. The van der Waals surface area contributed by atoms with Crippen LogP contribution in [0.3, 0.4) is 0 Å². The maximum Gasteiger partial charge on any atom is 0.563 e. The number of benzene rings is 1. The highest BCUT2D eigenvalue weighted by atomic mass is 35.5. The van der Waals surface area contributed by atoms with Crippen LogP contribution in [0.4, 0.5) is 0 Å². The molecule has 1 heterocycles. The van der Waals surface area contributed by atoms with Gasteiger partial charge in [-0.15, -0.1) is 0 Å². The Bertz CT molecular complexity index is 521. The molecule has 0 bridgehead atoms. The third kappa shape index (κ3) is 1.94. The van der Waals surface area contributed by atoms with Crippen LogP contribution in [0.1, 0.15) is 10.4 Å². The minimum atomic E-state index is -1.33. The van der Waals surface area contributed by atoms with Gasteiger partial charge in [0.2, 0.25) is 0 Å². The van der Waals surface area contributed by atoms with E-state index in [0.717, 1.165) is 0 Å². The van der Waals surface area contributed by atoms with Gasteiger partial charge in [0.1, 0.15) is 22.1 Å². The van der Waals surface area contributed by atoms with Gasteiger partial charge in [-0.2, -0.15) is 0 Å². The van der Waals surface area contributed by atoms with Crippen LogP contribution in [0.2, 0.25) is 10.0 Å². The number of carbonyl (C=O) groups is 1. The molecule has 1 aromatic rings. The fourth-order valence-corrected chi connectivity index (χ4v) is 2.06. The molecule has 2 rings (SSSR count). The largest absolute Gasteiger partial charge is 0.563 e. The fourth-order valence-electron chi connectivity index (χ4n) is 1.58. The van der Waals surface area contributed by atoms with Crippen LogP contribution in [0, 0.1) is 0 Å². The second kappa shape index (κ2) is 4.76. The normalized spacial score (nSPS) is 13.4. The molecule has 9 heteroatoms. The Morgan fingerprint density at radius 1 is 1.39 bits per heavy atom. The first-order chi connectivity index (χ1) is 8.47. The maximum absolute atomic E-state index is 11.2. The Balaban J connectivity index is 2.76. The first kappa shape index (κ1) is 13.1. The summed E-state index contributed by atoms with van der Waals surface area (Å²) >= 11 is 11.8. The van der Waals surface area contributed by atoms with Crippen molar-refractivity contribution in [1.82, 2.24) is 0 Å². The molecule has 96 valence electrons. The van der Waals surface area contributed by atoms with E-state index in [9.17, 15) is 9.82 Å². The molecule has 1 aliphatic rings. The molecular weight excluding hydrogens is 286 g/mol. The van der Waals surface area contributed by atoms with Crippen molar-refractivity contribution in [3.8, 4) is 17.2 Å². The van der Waals surface area contributed by atoms with Crippen LogP contribution in [0.5, 0.6) is 17.2 Å². The van der Waals surface area contributed by atoms with Crippen LogP contribution < -0.4 is 14.1 Å². The Morgan fingerprint density at radius 2 is 2.06 bits per heavy atom. The second-order valence-corrected chi connectivity index (χ2v) is 4.14. The van der Waals surface area contributed by atoms with Crippen molar-refractivity contribution in [2.24, 2.45) is 0 Å². The van der Waals surface area contributed by atoms with Crippen LogP contribution in [-0.2, 0) is 0 Å². The van der Waals surface area contributed by atoms with Gasteiger partial charge in [0.15, 0.2) is 17.2 Å². The van der Waals surface area contributed by atoms with Crippen molar-refractivity contribution in [2.75, 3.05) is 13.6 Å². The number of carboxylic acid groups (broad SMARTS) is 1. The Labute approximate surface area is 112 Å². The summed E-state index contributed by atoms with van der Waals surface area (Å²) in [5, 5.41) is 18.4. The minimum Gasteiger partial charge on any atom is -0.531 e. The predicted molar refractivity (Wildman–Crippen MR) is 64.1 cm³/mol. The van der Waals surface area contributed by atoms with E-state index in [2.05, 4.69) is 0 Å². The van der Waals surface area contributed by atoms with E-state index in [0.29, 0.717) is 0 Å². The van der Waals surface area contributed by atoms with Crippen LogP contribution in [-0.4, -0.2) is 36.8 Å². The average Bonchev–Trinajstić information content (AvgIpc) is 2.32. The van der Waals surface area contributed by atoms with Crippen molar-refractivity contribution in [2.45, 2.75) is 0 Å². The molecule has 0 fully saturated rings. The molecule has 0 saturated carbocycles. The van der Waals surface area contributed by atoms with E-state index in [1.807, 2.05) is 0 Å². The van der Waals surface area contributed by atoms with E-state index in [1.54, 1.807) is 0 Å². The van der Waals surface area contributed by atoms with Gasteiger partial charge < -0.3 is 24.3 Å². The van der Waals surface area contributed by atoms with E-state index < -0.39 is 13.1 Å². The smallest absolute Gasteiger partial charge is 0.531 e. The molecule has 2 N–H and O–H groups in total. The number of hydrogen-bond donors (Lipinski definition) is 2. The number of hydrogen-bond acceptors (Lipinski definition) is 5. The van der Waals surface area contributed by atoms with Crippen molar-refractivity contribution in [3.05, 3.63) is 15.6 Å². The summed E-state index contributed by atoms with van der Waals surface area (Å²) in [7, 11) is -0.0335. The highest BCUT2D eigenvalue weighted by Gasteiger charge is 2.35. The molecule has 18 heavy (non-hydrogen) atoms. The SMILES string of the molecule is COc1c(Cl)c(Cl)c2c(c1C(=O)O)OB(O)CO2. The fraction of sp³-hybridized carbons (Fsp3) is 0.222.